The molecule has 18 heavy (non-hydrogen) atoms. The van der Waals surface area contributed by atoms with Crippen molar-refractivity contribution >= 4 is 10.9 Å². The molecule has 2 rings (SSSR count). The van der Waals surface area contributed by atoms with Crippen molar-refractivity contribution in [3.05, 3.63) is 29.7 Å². The number of aromatic nitrogens is 1. The number of hydrogen-bond donors (Lipinski definition) is 2. The summed E-state index contributed by atoms with van der Waals surface area (Å²) in [6.07, 6.45) is 3.80. The van der Waals surface area contributed by atoms with E-state index in [1.807, 2.05) is 6.20 Å². The van der Waals surface area contributed by atoms with Crippen LogP contribution in [-0.2, 0) is 6.42 Å². The third-order valence-corrected chi connectivity index (χ3v) is 3.18. The van der Waals surface area contributed by atoms with Crippen LogP contribution in [-0.4, -0.2) is 35.1 Å². The molecule has 0 aliphatic carbocycles. The van der Waals surface area contributed by atoms with Gasteiger partial charge < -0.3 is 15.0 Å². The van der Waals surface area contributed by atoms with E-state index in [2.05, 4.69) is 23.9 Å². The zero-order valence-electron chi connectivity index (χ0n) is 10.8. The number of nitrogens with one attached hydrogen (secondary N) is 1. The Hall–Kier alpha value is -1.55. The lowest BCUT2D eigenvalue weighted by atomic mass is 10.1. The van der Waals surface area contributed by atoms with Crippen LogP contribution in [0.3, 0.4) is 0 Å². The fourth-order valence-electron chi connectivity index (χ4n) is 2.24. The maximum absolute atomic E-state index is 13.6. The number of phenols is 1. The summed E-state index contributed by atoms with van der Waals surface area (Å²) in [4.78, 5) is 5.18. The highest BCUT2D eigenvalue weighted by atomic mass is 19.1. The second-order valence-electron chi connectivity index (χ2n) is 4.72. The van der Waals surface area contributed by atoms with E-state index in [1.165, 1.54) is 0 Å². The summed E-state index contributed by atoms with van der Waals surface area (Å²) in [7, 11) is 2.08. The predicted molar refractivity (Wildman–Crippen MR) is 71.4 cm³/mol. The summed E-state index contributed by atoms with van der Waals surface area (Å²) in [5.41, 5.74) is 1.52. The summed E-state index contributed by atoms with van der Waals surface area (Å²) in [6.45, 7) is 4.13. The Kier molecular flexibility index (Phi) is 3.87. The lowest BCUT2D eigenvalue weighted by Gasteiger charge is -2.14. The van der Waals surface area contributed by atoms with Crippen LogP contribution in [0.2, 0.25) is 0 Å². The molecule has 0 saturated carbocycles. The van der Waals surface area contributed by atoms with Crippen LogP contribution >= 0.6 is 0 Å². The normalized spacial score (nSPS) is 11.6. The van der Waals surface area contributed by atoms with Crippen LogP contribution in [0.25, 0.3) is 10.9 Å². The van der Waals surface area contributed by atoms with Crippen molar-refractivity contribution < 1.29 is 9.50 Å². The molecule has 0 unspecified atom stereocenters. The molecule has 0 bridgehead atoms. The van der Waals surface area contributed by atoms with E-state index in [-0.39, 0.29) is 5.75 Å². The van der Waals surface area contributed by atoms with Gasteiger partial charge in [-0.15, -0.1) is 0 Å². The summed E-state index contributed by atoms with van der Waals surface area (Å²) >= 11 is 0. The molecule has 1 aromatic heterocycles. The molecule has 0 aliphatic rings. The number of aromatic amines is 1. The van der Waals surface area contributed by atoms with Gasteiger partial charge in [-0.2, -0.15) is 0 Å². The van der Waals surface area contributed by atoms with E-state index in [9.17, 15) is 9.50 Å². The Balaban J connectivity index is 2.19. The zero-order valence-corrected chi connectivity index (χ0v) is 10.8. The summed E-state index contributed by atoms with van der Waals surface area (Å²) < 4.78 is 13.6. The molecule has 0 atom stereocenters. The first-order valence-electron chi connectivity index (χ1n) is 6.28. The fraction of sp³-hybridized carbons (Fsp3) is 0.429. The lowest BCUT2D eigenvalue weighted by molar-refractivity contribution is 0.339. The number of rotatable bonds is 5. The maximum atomic E-state index is 13.6. The molecule has 0 radical (unpaired) electrons. The minimum absolute atomic E-state index is 0.0252. The topological polar surface area (TPSA) is 39.3 Å². The number of aromatic hydroxyl groups is 1. The fourth-order valence-corrected chi connectivity index (χ4v) is 2.24. The molecule has 98 valence electrons. The molecular formula is C14H19FN2O. The lowest BCUT2D eigenvalue weighted by Crippen LogP contribution is -2.21. The number of fused-ring (bicyclic) bond motifs is 1. The van der Waals surface area contributed by atoms with Crippen LogP contribution in [0.4, 0.5) is 4.39 Å². The average molecular weight is 250 g/mol. The summed E-state index contributed by atoms with van der Waals surface area (Å²) in [6, 6.07) is 2.75. The highest BCUT2D eigenvalue weighted by Gasteiger charge is 2.10. The van der Waals surface area contributed by atoms with Crippen molar-refractivity contribution in [3.8, 4) is 5.75 Å². The Morgan fingerprint density at radius 3 is 2.83 bits per heavy atom. The van der Waals surface area contributed by atoms with Crippen LogP contribution in [0.1, 0.15) is 18.9 Å². The van der Waals surface area contributed by atoms with Crippen LogP contribution in [0.5, 0.6) is 5.75 Å². The molecule has 1 aromatic carbocycles. The van der Waals surface area contributed by atoms with Crippen molar-refractivity contribution in [2.45, 2.75) is 19.8 Å². The Labute approximate surface area is 106 Å². The number of likely N-dealkylation sites (N-methyl/N-ethyl adjacent to an activating group) is 1. The third-order valence-electron chi connectivity index (χ3n) is 3.18. The van der Waals surface area contributed by atoms with Gasteiger partial charge in [-0.3, -0.25) is 0 Å². The van der Waals surface area contributed by atoms with E-state index >= 15 is 0 Å². The average Bonchev–Trinajstić information content (AvgIpc) is 2.70. The van der Waals surface area contributed by atoms with Crippen molar-refractivity contribution in [3.63, 3.8) is 0 Å². The first-order valence-corrected chi connectivity index (χ1v) is 6.28. The first kappa shape index (κ1) is 12.9. The number of hydrogen-bond acceptors (Lipinski definition) is 2. The Morgan fingerprint density at radius 1 is 1.33 bits per heavy atom. The van der Waals surface area contributed by atoms with Gasteiger partial charge in [0, 0.05) is 24.2 Å². The smallest absolute Gasteiger partial charge is 0.150 e. The summed E-state index contributed by atoms with van der Waals surface area (Å²) in [5.74, 6) is -0.430. The maximum Gasteiger partial charge on any atom is 0.150 e. The van der Waals surface area contributed by atoms with Gasteiger partial charge in [-0.05, 0) is 38.1 Å². The van der Waals surface area contributed by atoms with E-state index < -0.39 is 5.82 Å². The number of H-pyrrole nitrogens is 1. The minimum Gasteiger partial charge on any atom is -0.508 e. The minimum atomic E-state index is -0.404. The van der Waals surface area contributed by atoms with E-state index in [4.69, 9.17) is 0 Å². The number of nitrogens with zero attached hydrogens (tertiary/aromatic N) is 1. The van der Waals surface area contributed by atoms with Crippen molar-refractivity contribution in [2.24, 2.45) is 0 Å². The van der Waals surface area contributed by atoms with Crippen LogP contribution < -0.4 is 0 Å². The first-order chi connectivity index (χ1) is 8.61. The van der Waals surface area contributed by atoms with E-state index in [0.29, 0.717) is 5.52 Å². The van der Waals surface area contributed by atoms with Gasteiger partial charge in [0.2, 0.25) is 0 Å². The van der Waals surface area contributed by atoms with E-state index in [1.54, 1.807) is 6.07 Å². The third kappa shape index (κ3) is 2.64. The van der Waals surface area contributed by atoms with Gasteiger partial charge in [0.15, 0.2) is 5.82 Å². The molecule has 4 heteroatoms. The van der Waals surface area contributed by atoms with Crippen LogP contribution in [0.15, 0.2) is 18.3 Å². The molecule has 0 saturated heterocycles. The SMILES string of the molecule is CCCN(C)CCc1c[nH]c2c(F)cc(O)cc12. The van der Waals surface area contributed by atoms with Crippen molar-refractivity contribution in [1.82, 2.24) is 9.88 Å². The van der Waals surface area contributed by atoms with Gasteiger partial charge in [0.25, 0.3) is 0 Å². The van der Waals surface area contributed by atoms with E-state index in [0.717, 1.165) is 42.9 Å². The number of benzene rings is 1. The Bertz CT molecular complexity index is 536. The van der Waals surface area contributed by atoms with Gasteiger partial charge in [0.1, 0.15) is 5.75 Å². The molecular weight excluding hydrogens is 231 g/mol. The van der Waals surface area contributed by atoms with Crippen LogP contribution in [0, 0.1) is 5.82 Å². The molecule has 2 N–H and O–H groups in total. The molecule has 2 aromatic rings. The second kappa shape index (κ2) is 5.40. The molecule has 1 heterocycles. The second-order valence-corrected chi connectivity index (χ2v) is 4.72. The molecule has 3 nitrogen and oxygen atoms in total. The molecule has 0 spiro atoms. The number of phenolic OH excluding ortho intramolecular Hbond substituents is 1. The summed E-state index contributed by atoms with van der Waals surface area (Å²) in [5, 5.41) is 10.2. The van der Waals surface area contributed by atoms with Crippen molar-refractivity contribution in [2.75, 3.05) is 20.1 Å². The molecule has 0 aliphatic heterocycles. The largest absolute Gasteiger partial charge is 0.508 e. The molecule has 0 fully saturated rings. The predicted octanol–water partition coefficient (Wildman–Crippen LogP) is 2.90. The molecule has 0 amide bonds. The standard InChI is InChI=1S/C14H19FN2O/c1-3-5-17(2)6-4-10-9-16-14-12(10)7-11(18)8-13(14)15/h7-9,16,18H,3-6H2,1-2H3. The highest BCUT2D eigenvalue weighted by molar-refractivity contribution is 5.85. The van der Waals surface area contributed by atoms with Gasteiger partial charge >= 0.3 is 0 Å². The van der Waals surface area contributed by atoms with Gasteiger partial charge in [0.05, 0.1) is 5.52 Å². The van der Waals surface area contributed by atoms with Gasteiger partial charge in [-0.25, -0.2) is 4.39 Å². The monoisotopic (exact) mass is 250 g/mol. The van der Waals surface area contributed by atoms with Gasteiger partial charge in [-0.1, -0.05) is 6.92 Å². The highest BCUT2D eigenvalue weighted by Crippen LogP contribution is 2.26. The number of halogens is 1. The van der Waals surface area contributed by atoms with Crippen molar-refractivity contribution in [1.29, 1.82) is 0 Å². The quantitative estimate of drug-likeness (QED) is 0.856. The Morgan fingerprint density at radius 2 is 2.11 bits per heavy atom. The zero-order chi connectivity index (χ0) is 13.1.